The van der Waals surface area contributed by atoms with Crippen LogP contribution in [0.4, 0.5) is 0 Å². The summed E-state index contributed by atoms with van der Waals surface area (Å²) in [6.07, 6.45) is 3.81. The normalized spacial score (nSPS) is 15.3. The lowest BCUT2D eigenvalue weighted by Gasteiger charge is -2.14. The number of likely N-dealkylation sites (tertiary alicyclic amines) is 1. The molecule has 1 saturated heterocycles. The average molecular weight is 313 g/mol. The summed E-state index contributed by atoms with van der Waals surface area (Å²) in [5, 5.41) is 4.60. The highest BCUT2D eigenvalue weighted by molar-refractivity contribution is 5.40. The predicted octanol–water partition coefficient (Wildman–Crippen LogP) is 3.66. The molecule has 1 aromatic heterocycles. The van der Waals surface area contributed by atoms with Crippen molar-refractivity contribution in [1.29, 1.82) is 0 Å². The third-order valence-electron chi connectivity index (χ3n) is 4.82. The Morgan fingerprint density at radius 1 is 1.04 bits per heavy atom. The van der Waals surface area contributed by atoms with Crippen molar-refractivity contribution in [1.82, 2.24) is 14.7 Å². The highest BCUT2D eigenvalue weighted by atomic mass is 16.5. The van der Waals surface area contributed by atoms with Gasteiger partial charge in [0, 0.05) is 12.2 Å². The molecule has 0 N–H and O–H groups in total. The summed E-state index contributed by atoms with van der Waals surface area (Å²) in [4.78, 5) is 2.53. The van der Waals surface area contributed by atoms with Gasteiger partial charge < -0.3 is 9.64 Å². The topological polar surface area (TPSA) is 30.3 Å². The van der Waals surface area contributed by atoms with Gasteiger partial charge in [0.2, 0.25) is 0 Å². The first-order valence-electron chi connectivity index (χ1n) is 8.63. The number of hydrogen-bond acceptors (Lipinski definition) is 3. The molecule has 3 rings (SSSR count). The van der Waals surface area contributed by atoms with E-state index in [-0.39, 0.29) is 0 Å². The second-order valence-electron chi connectivity index (χ2n) is 6.45. The van der Waals surface area contributed by atoms with Crippen molar-refractivity contribution in [3.63, 3.8) is 0 Å². The minimum absolute atomic E-state index is 0.787. The summed E-state index contributed by atoms with van der Waals surface area (Å²) in [7, 11) is 0. The largest absolute Gasteiger partial charge is 0.494 e. The van der Waals surface area contributed by atoms with E-state index in [2.05, 4.69) is 42.9 Å². The summed E-state index contributed by atoms with van der Waals surface area (Å²) in [6.45, 7) is 10.7. The first kappa shape index (κ1) is 16.1. The van der Waals surface area contributed by atoms with E-state index in [0.717, 1.165) is 36.7 Å². The minimum Gasteiger partial charge on any atom is -0.494 e. The molecule has 0 unspecified atom stereocenters. The highest BCUT2D eigenvalue weighted by Gasteiger charge is 2.11. The molecule has 0 atom stereocenters. The van der Waals surface area contributed by atoms with E-state index in [9.17, 15) is 0 Å². The van der Waals surface area contributed by atoms with Gasteiger partial charge in [-0.25, -0.2) is 4.68 Å². The van der Waals surface area contributed by atoms with Gasteiger partial charge in [0.1, 0.15) is 5.75 Å². The molecule has 4 nitrogen and oxygen atoms in total. The molecule has 2 aromatic rings. The van der Waals surface area contributed by atoms with Gasteiger partial charge >= 0.3 is 0 Å². The van der Waals surface area contributed by atoms with E-state index < -0.39 is 0 Å². The number of ether oxygens (including phenoxy) is 1. The maximum Gasteiger partial charge on any atom is 0.119 e. The lowest BCUT2D eigenvalue weighted by Crippen LogP contribution is -2.21. The van der Waals surface area contributed by atoms with Crippen LogP contribution in [0, 0.1) is 20.8 Å². The maximum atomic E-state index is 5.86. The Labute approximate surface area is 139 Å². The molecule has 124 valence electrons. The monoisotopic (exact) mass is 313 g/mol. The average Bonchev–Trinajstić information content (AvgIpc) is 3.17. The third kappa shape index (κ3) is 3.75. The Morgan fingerprint density at radius 2 is 1.74 bits per heavy atom. The van der Waals surface area contributed by atoms with Gasteiger partial charge in [-0.2, -0.15) is 5.10 Å². The minimum atomic E-state index is 0.787. The van der Waals surface area contributed by atoms with Gasteiger partial charge in [-0.1, -0.05) is 0 Å². The van der Waals surface area contributed by atoms with Crippen LogP contribution in [0.1, 0.15) is 36.2 Å². The van der Waals surface area contributed by atoms with Crippen LogP contribution in [0.5, 0.6) is 5.75 Å². The molecule has 0 amide bonds. The van der Waals surface area contributed by atoms with Crippen LogP contribution in [0.3, 0.4) is 0 Å². The third-order valence-corrected chi connectivity index (χ3v) is 4.82. The van der Waals surface area contributed by atoms with Crippen LogP contribution >= 0.6 is 0 Å². The first-order valence-corrected chi connectivity index (χ1v) is 8.63. The fraction of sp³-hybridized carbons (Fsp3) is 0.526. The van der Waals surface area contributed by atoms with Crippen LogP contribution < -0.4 is 4.74 Å². The Kier molecular flexibility index (Phi) is 5.01. The van der Waals surface area contributed by atoms with Gasteiger partial charge in [-0.15, -0.1) is 0 Å². The Morgan fingerprint density at radius 3 is 2.35 bits per heavy atom. The summed E-state index contributed by atoms with van der Waals surface area (Å²) in [5.74, 6) is 0.938. The quantitative estimate of drug-likeness (QED) is 0.762. The van der Waals surface area contributed by atoms with Crippen molar-refractivity contribution < 1.29 is 4.74 Å². The van der Waals surface area contributed by atoms with E-state index >= 15 is 0 Å². The molecule has 4 heteroatoms. The second-order valence-corrected chi connectivity index (χ2v) is 6.45. The highest BCUT2D eigenvalue weighted by Crippen LogP contribution is 2.19. The molecule has 0 spiro atoms. The standard InChI is InChI=1S/C19H27N3O/c1-15-16(2)20-22(17(15)3)18-7-9-19(10-8-18)23-14-6-13-21-11-4-5-12-21/h7-10H,4-6,11-14H2,1-3H3. The number of aromatic nitrogens is 2. The van der Waals surface area contributed by atoms with Crippen molar-refractivity contribution in [3.8, 4) is 11.4 Å². The fourth-order valence-corrected chi connectivity index (χ4v) is 3.14. The molecular formula is C19H27N3O. The van der Waals surface area contributed by atoms with E-state index in [4.69, 9.17) is 4.74 Å². The molecule has 1 aliphatic heterocycles. The molecule has 0 aliphatic carbocycles. The molecule has 23 heavy (non-hydrogen) atoms. The van der Waals surface area contributed by atoms with Gasteiger partial charge in [0.15, 0.2) is 0 Å². The predicted molar refractivity (Wildman–Crippen MR) is 93.6 cm³/mol. The molecule has 1 aromatic carbocycles. The molecule has 0 saturated carbocycles. The zero-order valence-corrected chi connectivity index (χ0v) is 14.5. The molecule has 1 aliphatic rings. The van der Waals surface area contributed by atoms with Crippen molar-refractivity contribution in [2.45, 2.75) is 40.0 Å². The molecule has 0 bridgehead atoms. The summed E-state index contributed by atoms with van der Waals surface area (Å²) in [5.41, 5.74) is 4.63. The fourth-order valence-electron chi connectivity index (χ4n) is 3.14. The van der Waals surface area contributed by atoms with Crippen LogP contribution in [0.25, 0.3) is 5.69 Å². The van der Waals surface area contributed by atoms with E-state index in [1.807, 2.05) is 16.8 Å². The number of hydrogen-bond donors (Lipinski definition) is 0. The maximum absolute atomic E-state index is 5.86. The van der Waals surface area contributed by atoms with Crippen LogP contribution in [-0.4, -0.2) is 40.9 Å². The summed E-state index contributed by atoms with van der Waals surface area (Å²) < 4.78 is 7.86. The van der Waals surface area contributed by atoms with Gasteiger partial charge in [0.05, 0.1) is 18.0 Å². The molecule has 2 heterocycles. The zero-order valence-electron chi connectivity index (χ0n) is 14.5. The zero-order chi connectivity index (χ0) is 16.2. The molecular weight excluding hydrogens is 286 g/mol. The van der Waals surface area contributed by atoms with Crippen molar-refractivity contribution in [3.05, 3.63) is 41.2 Å². The number of benzene rings is 1. The van der Waals surface area contributed by atoms with E-state index in [1.54, 1.807) is 0 Å². The molecule has 0 radical (unpaired) electrons. The van der Waals surface area contributed by atoms with Crippen LogP contribution in [-0.2, 0) is 0 Å². The van der Waals surface area contributed by atoms with Crippen LogP contribution in [0.2, 0.25) is 0 Å². The van der Waals surface area contributed by atoms with Gasteiger partial charge in [-0.05, 0) is 83.0 Å². The number of nitrogens with zero attached hydrogens (tertiary/aromatic N) is 3. The number of aryl methyl sites for hydroxylation is 1. The van der Waals surface area contributed by atoms with Crippen molar-refractivity contribution in [2.75, 3.05) is 26.2 Å². The van der Waals surface area contributed by atoms with E-state index in [1.165, 1.54) is 37.2 Å². The van der Waals surface area contributed by atoms with Crippen molar-refractivity contribution >= 4 is 0 Å². The summed E-state index contributed by atoms with van der Waals surface area (Å²) >= 11 is 0. The van der Waals surface area contributed by atoms with E-state index in [0.29, 0.717) is 0 Å². The first-order chi connectivity index (χ1) is 11.1. The van der Waals surface area contributed by atoms with Gasteiger partial charge in [-0.3, -0.25) is 0 Å². The Bertz CT molecular complexity index is 639. The van der Waals surface area contributed by atoms with Crippen LogP contribution in [0.15, 0.2) is 24.3 Å². The Hall–Kier alpha value is -1.81. The number of rotatable bonds is 6. The smallest absolute Gasteiger partial charge is 0.119 e. The lowest BCUT2D eigenvalue weighted by molar-refractivity contribution is 0.263. The lowest BCUT2D eigenvalue weighted by atomic mass is 10.2. The second kappa shape index (κ2) is 7.18. The SMILES string of the molecule is Cc1nn(-c2ccc(OCCCN3CCCC3)cc2)c(C)c1C. The molecule has 1 fully saturated rings. The Balaban J connectivity index is 1.53. The summed E-state index contributed by atoms with van der Waals surface area (Å²) in [6, 6.07) is 8.23. The van der Waals surface area contributed by atoms with Gasteiger partial charge in [0.25, 0.3) is 0 Å². The van der Waals surface area contributed by atoms with Crippen molar-refractivity contribution in [2.24, 2.45) is 0 Å².